The molecule has 0 spiro atoms. The highest BCUT2D eigenvalue weighted by Gasteiger charge is 2.11. The van der Waals surface area contributed by atoms with Crippen LogP contribution < -0.4 is 14.8 Å². The number of hydrogen-bond acceptors (Lipinski definition) is 5. The van der Waals surface area contributed by atoms with E-state index in [1.165, 1.54) is 0 Å². The molecule has 1 aromatic heterocycles. The number of carbonyl (C=O) groups excluding carboxylic acids is 1. The van der Waals surface area contributed by atoms with Gasteiger partial charge >= 0.3 is 0 Å². The lowest BCUT2D eigenvalue weighted by Crippen LogP contribution is -2.23. The van der Waals surface area contributed by atoms with E-state index >= 15 is 0 Å². The molecule has 0 fully saturated rings. The van der Waals surface area contributed by atoms with E-state index < -0.39 is 0 Å². The number of rotatable bonds is 6. The summed E-state index contributed by atoms with van der Waals surface area (Å²) in [6, 6.07) is 10.9. The fourth-order valence-electron chi connectivity index (χ4n) is 2.62. The Labute approximate surface area is 145 Å². The lowest BCUT2D eigenvalue weighted by molar-refractivity contribution is 0.0951. The smallest absolute Gasteiger partial charge is 0.251 e. The normalized spacial score (nSPS) is 10.7. The van der Waals surface area contributed by atoms with Crippen molar-refractivity contribution in [3.63, 3.8) is 0 Å². The zero-order valence-electron chi connectivity index (χ0n) is 14.4. The fourth-order valence-corrected chi connectivity index (χ4v) is 2.62. The van der Waals surface area contributed by atoms with Crippen molar-refractivity contribution in [1.82, 2.24) is 20.3 Å². The molecule has 7 heteroatoms. The van der Waals surface area contributed by atoms with Crippen molar-refractivity contribution in [3.05, 3.63) is 47.5 Å². The van der Waals surface area contributed by atoms with Gasteiger partial charge in [0.2, 0.25) is 0 Å². The first-order chi connectivity index (χ1) is 12.2. The SMILES string of the molecule is CCn1nnc2cc(C(=O)NCc3ccc(OC)cc3OC)ccc21. The summed E-state index contributed by atoms with van der Waals surface area (Å²) in [7, 11) is 3.19. The summed E-state index contributed by atoms with van der Waals surface area (Å²) in [5.74, 6) is 1.20. The van der Waals surface area contributed by atoms with Crippen LogP contribution in [-0.4, -0.2) is 35.1 Å². The van der Waals surface area contributed by atoms with Crippen molar-refractivity contribution in [2.75, 3.05) is 14.2 Å². The molecule has 2 aromatic carbocycles. The molecule has 1 amide bonds. The van der Waals surface area contributed by atoms with Crippen LogP contribution in [0.15, 0.2) is 36.4 Å². The second kappa shape index (κ2) is 7.21. The first-order valence-electron chi connectivity index (χ1n) is 7.98. The molecule has 0 aliphatic rings. The van der Waals surface area contributed by atoms with Crippen LogP contribution in [-0.2, 0) is 13.1 Å². The highest BCUT2D eigenvalue weighted by atomic mass is 16.5. The van der Waals surface area contributed by atoms with Crippen LogP contribution in [0.25, 0.3) is 11.0 Å². The van der Waals surface area contributed by atoms with Gasteiger partial charge in [-0.25, -0.2) is 4.68 Å². The van der Waals surface area contributed by atoms with E-state index in [9.17, 15) is 4.79 Å². The van der Waals surface area contributed by atoms with Crippen LogP contribution in [0.4, 0.5) is 0 Å². The minimum Gasteiger partial charge on any atom is -0.497 e. The molecule has 0 radical (unpaired) electrons. The topological polar surface area (TPSA) is 78.3 Å². The lowest BCUT2D eigenvalue weighted by Gasteiger charge is -2.11. The molecule has 3 aromatic rings. The molecule has 0 saturated heterocycles. The molecular formula is C18H20N4O3. The molecule has 1 heterocycles. The summed E-state index contributed by atoms with van der Waals surface area (Å²) in [5.41, 5.74) is 3.03. The van der Waals surface area contributed by atoms with Crippen molar-refractivity contribution >= 4 is 16.9 Å². The Kier molecular flexibility index (Phi) is 4.83. The number of carbonyl (C=O) groups is 1. The van der Waals surface area contributed by atoms with Crippen molar-refractivity contribution in [3.8, 4) is 11.5 Å². The molecule has 7 nitrogen and oxygen atoms in total. The van der Waals surface area contributed by atoms with Gasteiger partial charge in [0.25, 0.3) is 5.91 Å². The standard InChI is InChI=1S/C18H20N4O3/c1-4-22-16-8-6-12(9-15(16)20-21-22)18(23)19-11-13-5-7-14(24-2)10-17(13)25-3/h5-10H,4,11H2,1-3H3,(H,19,23). The molecule has 0 saturated carbocycles. The summed E-state index contributed by atoms with van der Waals surface area (Å²) in [6.07, 6.45) is 0. The molecule has 1 N–H and O–H groups in total. The number of ether oxygens (including phenoxy) is 2. The maximum Gasteiger partial charge on any atom is 0.251 e. The Hall–Kier alpha value is -3.09. The minimum absolute atomic E-state index is 0.175. The number of aryl methyl sites for hydroxylation is 1. The number of fused-ring (bicyclic) bond motifs is 1. The van der Waals surface area contributed by atoms with Gasteiger partial charge in [0.15, 0.2) is 0 Å². The first kappa shape index (κ1) is 16.8. The largest absolute Gasteiger partial charge is 0.497 e. The number of amides is 1. The van der Waals surface area contributed by atoms with Crippen molar-refractivity contribution in [2.45, 2.75) is 20.0 Å². The number of nitrogens with zero attached hydrogens (tertiary/aromatic N) is 3. The summed E-state index contributed by atoms with van der Waals surface area (Å²) < 4.78 is 12.3. The second-order valence-corrected chi connectivity index (χ2v) is 5.47. The third-order valence-electron chi connectivity index (χ3n) is 4.01. The van der Waals surface area contributed by atoms with Gasteiger partial charge in [0.05, 0.1) is 19.7 Å². The second-order valence-electron chi connectivity index (χ2n) is 5.47. The van der Waals surface area contributed by atoms with Gasteiger partial charge in [-0.05, 0) is 37.3 Å². The summed E-state index contributed by atoms with van der Waals surface area (Å²) in [4.78, 5) is 12.4. The molecule has 0 bridgehead atoms. The predicted octanol–water partition coefficient (Wildman–Crippen LogP) is 2.40. The third kappa shape index (κ3) is 3.40. The summed E-state index contributed by atoms with van der Waals surface area (Å²) >= 11 is 0. The van der Waals surface area contributed by atoms with E-state index in [1.54, 1.807) is 37.1 Å². The maximum absolute atomic E-state index is 12.4. The molecule has 0 aliphatic heterocycles. The van der Waals surface area contributed by atoms with Crippen molar-refractivity contribution in [2.24, 2.45) is 0 Å². The Morgan fingerprint density at radius 2 is 2.00 bits per heavy atom. The van der Waals surface area contributed by atoms with Crippen LogP contribution in [0.5, 0.6) is 11.5 Å². The fraction of sp³-hybridized carbons (Fsp3) is 0.278. The highest BCUT2D eigenvalue weighted by molar-refractivity contribution is 5.97. The van der Waals surface area contributed by atoms with Crippen LogP contribution in [0.3, 0.4) is 0 Å². The number of aromatic nitrogens is 3. The third-order valence-corrected chi connectivity index (χ3v) is 4.01. The van der Waals surface area contributed by atoms with Gasteiger partial charge in [0, 0.05) is 30.3 Å². The van der Waals surface area contributed by atoms with E-state index in [2.05, 4.69) is 15.6 Å². The average Bonchev–Trinajstić information content (AvgIpc) is 3.08. The molecule has 25 heavy (non-hydrogen) atoms. The van der Waals surface area contributed by atoms with Crippen molar-refractivity contribution in [1.29, 1.82) is 0 Å². The molecule has 3 rings (SSSR count). The first-order valence-corrected chi connectivity index (χ1v) is 7.98. The zero-order valence-corrected chi connectivity index (χ0v) is 14.4. The van der Waals surface area contributed by atoms with Gasteiger partial charge in [-0.1, -0.05) is 5.21 Å². The monoisotopic (exact) mass is 340 g/mol. The summed E-state index contributed by atoms with van der Waals surface area (Å²) in [6.45, 7) is 3.09. The van der Waals surface area contributed by atoms with Crippen LogP contribution in [0, 0.1) is 0 Å². The van der Waals surface area contributed by atoms with E-state index in [0.29, 0.717) is 29.1 Å². The quantitative estimate of drug-likeness (QED) is 0.745. The molecule has 0 unspecified atom stereocenters. The van der Waals surface area contributed by atoms with E-state index in [4.69, 9.17) is 9.47 Å². The highest BCUT2D eigenvalue weighted by Crippen LogP contribution is 2.24. The number of hydrogen-bond donors (Lipinski definition) is 1. The van der Waals surface area contributed by atoms with Crippen LogP contribution in [0.2, 0.25) is 0 Å². The summed E-state index contributed by atoms with van der Waals surface area (Å²) in [5, 5.41) is 11.0. The Morgan fingerprint density at radius 1 is 1.16 bits per heavy atom. The van der Waals surface area contributed by atoms with Crippen molar-refractivity contribution < 1.29 is 14.3 Å². The number of benzene rings is 2. The molecule has 0 atom stereocenters. The molecule has 130 valence electrons. The van der Waals surface area contributed by atoms with Crippen LogP contribution in [0.1, 0.15) is 22.8 Å². The molecule has 0 aliphatic carbocycles. The lowest BCUT2D eigenvalue weighted by atomic mass is 10.1. The van der Waals surface area contributed by atoms with Gasteiger partial charge in [-0.15, -0.1) is 5.10 Å². The predicted molar refractivity (Wildman–Crippen MR) is 93.9 cm³/mol. The average molecular weight is 340 g/mol. The van der Waals surface area contributed by atoms with Crippen LogP contribution >= 0.6 is 0 Å². The minimum atomic E-state index is -0.175. The van der Waals surface area contributed by atoms with Gasteiger partial charge < -0.3 is 14.8 Å². The number of nitrogens with one attached hydrogen (secondary N) is 1. The molecular weight excluding hydrogens is 320 g/mol. The Bertz CT molecular complexity index is 904. The maximum atomic E-state index is 12.4. The van der Waals surface area contributed by atoms with Gasteiger partial charge in [-0.2, -0.15) is 0 Å². The van der Waals surface area contributed by atoms with E-state index in [1.807, 2.05) is 25.1 Å². The Balaban J connectivity index is 1.74. The van der Waals surface area contributed by atoms with E-state index in [0.717, 1.165) is 17.6 Å². The Morgan fingerprint density at radius 3 is 2.72 bits per heavy atom. The zero-order chi connectivity index (χ0) is 17.8. The van der Waals surface area contributed by atoms with Gasteiger partial charge in [-0.3, -0.25) is 4.79 Å². The van der Waals surface area contributed by atoms with Gasteiger partial charge in [0.1, 0.15) is 17.0 Å². The van der Waals surface area contributed by atoms with E-state index in [-0.39, 0.29) is 5.91 Å². The number of methoxy groups -OCH3 is 2.